The smallest absolute Gasteiger partial charge is 0.0115 e. The minimum absolute atomic E-state index is 0.537. The zero-order chi connectivity index (χ0) is 13.2. The highest BCUT2D eigenvalue weighted by atomic mass is 14.5. The summed E-state index contributed by atoms with van der Waals surface area (Å²) >= 11 is 0. The van der Waals surface area contributed by atoms with Crippen LogP contribution in [0.2, 0.25) is 0 Å². The van der Waals surface area contributed by atoms with Crippen molar-refractivity contribution in [2.45, 2.75) is 65.7 Å². The van der Waals surface area contributed by atoms with Crippen LogP contribution >= 0.6 is 0 Å². The molecule has 2 fully saturated rings. The van der Waals surface area contributed by atoms with Crippen LogP contribution in [0, 0.1) is 35.5 Å². The van der Waals surface area contributed by atoms with Crippen LogP contribution in [-0.4, -0.2) is 0 Å². The molecule has 2 rings (SSSR count). The van der Waals surface area contributed by atoms with Gasteiger partial charge >= 0.3 is 0 Å². The first-order valence-corrected chi connectivity index (χ1v) is 7.75. The van der Waals surface area contributed by atoms with Gasteiger partial charge in [0.15, 0.2) is 0 Å². The van der Waals surface area contributed by atoms with Crippen LogP contribution in [0.3, 0.4) is 0 Å². The van der Waals surface area contributed by atoms with Crippen molar-refractivity contribution in [3.8, 4) is 12.3 Å². The Morgan fingerprint density at radius 1 is 1.50 bits per heavy atom. The van der Waals surface area contributed by atoms with E-state index in [0.29, 0.717) is 11.3 Å². The van der Waals surface area contributed by atoms with Gasteiger partial charge in [0.25, 0.3) is 0 Å². The number of hydrogen-bond donors (Lipinski definition) is 0. The average molecular weight is 244 g/mol. The van der Waals surface area contributed by atoms with Crippen LogP contribution in [0.15, 0.2) is 11.6 Å². The molecule has 0 N–H and O–H groups in total. The molecule has 0 aliphatic heterocycles. The standard InChI is InChI=1S/C18H28/c1-5-8-14(3)16-11-12-17-15(9-6-2)10-7-13-18(16,17)4/h1,9,14,16-17H,6-8,10-13H2,2-4H3/b15-9+/t14-,16-,17?,18-/m1/s1. The molecule has 100 valence electrons. The Balaban J connectivity index is 2.20. The van der Waals surface area contributed by atoms with E-state index >= 15 is 0 Å². The molecule has 0 radical (unpaired) electrons. The Labute approximate surface area is 113 Å². The van der Waals surface area contributed by atoms with Gasteiger partial charge in [-0.2, -0.15) is 0 Å². The average Bonchev–Trinajstić information content (AvgIpc) is 2.68. The van der Waals surface area contributed by atoms with Gasteiger partial charge < -0.3 is 0 Å². The molecule has 0 aromatic heterocycles. The van der Waals surface area contributed by atoms with Gasteiger partial charge in [0.05, 0.1) is 0 Å². The van der Waals surface area contributed by atoms with E-state index in [-0.39, 0.29) is 0 Å². The lowest BCUT2D eigenvalue weighted by atomic mass is 9.61. The van der Waals surface area contributed by atoms with E-state index in [0.717, 1.165) is 18.3 Å². The van der Waals surface area contributed by atoms with Crippen molar-refractivity contribution in [2.24, 2.45) is 23.2 Å². The Hall–Kier alpha value is -0.700. The third-order valence-corrected chi connectivity index (χ3v) is 5.63. The highest BCUT2D eigenvalue weighted by Gasteiger charge is 2.50. The number of fused-ring (bicyclic) bond motifs is 1. The molecule has 0 heterocycles. The zero-order valence-electron chi connectivity index (χ0n) is 12.3. The van der Waals surface area contributed by atoms with Crippen molar-refractivity contribution in [1.82, 2.24) is 0 Å². The molecule has 1 unspecified atom stereocenters. The normalized spacial score (nSPS) is 39.3. The second-order valence-electron chi connectivity index (χ2n) is 6.67. The van der Waals surface area contributed by atoms with Crippen molar-refractivity contribution >= 4 is 0 Å². The molecule has 18 heavy (non-hydrogen) atoms. The van der Waals surface area contributed by atoms with Gasteiger partial charge in [-0.1, -0.05) is 32.4 Å². The van der Waals surface area contributed by atoms with Crippen LogP contribution in [-0.2, 0) is 0 Å². The maximum Gasteiger partial charge on any atom is 0.0115 e. The Morgan fingerprint density at radius 3 is 2.94 bits per heavy atom. The molecule has 2 aliphatic rings. The summed E-state index contributed by atoms with van der Waals surface area (Å²) < 4.78 is 0. The number of allylic oxidation sites excluding steroid dienone is 2. The fourth-order valence-corrected chi connectivity index (χ4v) is 4.85. The summed E-state index contributed by atoms with van der Waals surface area (Å²) in [4.78, 5) is 0. The van der Waals surface area contributed by atoms with Gasteiger partial charge in [0.1, 0.15) is 0 Å². The first-order valence-electron chi connectivity index (χ1n) is 7.75. The van der Waals surface area contributed by atoms with Crippen molar-refractivity contribution in [1.29, 1.82) is 0 Å². The minimum atomic E-state index is 0.537. The fourth-order valence-electron chi connectivity index (χ4n) is 4.85. The molecule has 2 saturated carbocycles. The molecule has 0 aromatic carbocycles. The third-order valence-electron chi connectivity index (χ3n) is 5.63. The molecular formula is C18H28. The first-order chi connectivity index (χ1) is 8.63. The monoisotopic (exact) mass is 244 g/mol. The lowest BCUT2D eigenvalue weighted by molar-refractivity contribution is 0.0990. The van der Waals surface area contributed by atoms with E-state index in [4.69, 9.17) is 6.42 Å². The highest BCUT2D eigenvalue weighted by molar-refractivity contribution is 5.18. The quantitative estimate of drug-likeness (QED) is 0.473. The summed E-state index contributed by atoms with van der Waals surface area (Å²) in [6.45, 7) is 7.19. The molecule has 0 spiro atoms. The van der Waals surface area contributed by atoms with Crippen LogP contribution in [0.5, 0.6) is 0 Å². The largest absolute Gasteiger partial charge is 0.120 e. The van der Waals surface area contributed by atoms with Crippen LogP contribution in [0.4, 0.5) is 0 Å². The van der Waals surface area contributed by atoms with Crippen LogP contribution in [0.25, 0.3) is 0 Å². The van der Waals surface area contributed by atoms with E-state index in [9.17, 15) is 0 Å². The summed E-state index contributed by atoms with van der Waals surface area (Å²) in [5.41, 5.74) is 2.30. The SMILES string of the molecule is C#CC[C@@H](C)[C@H]1CCC2/C(=C/CC)CCC[C@@]21C. The molecule has 2 aliphatic carbocycles. The minimum Gasteiger partial charge on any atom is -0.120 e. The first kappa shape index (κ1) is 13.7. The lowest BCUT2D eigenvalue weighted by Gasteiger charge is -2.44. The number of hydrogen-bond acceptors (Lipinski definition) is 0. The summed E-state index contributed by atoms with van der Waals surface area (Å²) in [5, 5.41) is 0. The third kappa shape index (κ3) is 2.25. The van der Waals surface area contributed by atoms with Gasteiger partial charge in [-0.3, -0.25) is 0 Å². The number of rotatable bonds is 3. The van der Waals surface area contributed by atoms with Gasteiger partial charge in [-0.05, 0) is 61.7 Å². The molecular weight excluding hydrogens is 216 g/mol. The van der Waals surface area contributed by atoms with Gasteiger partial charge in [0.2, 0.25) is 0 Å². The van der Waals surface area contributed by atoms with Gasteiger partial charge in [-0.25, -0.2) is 0 Å². The van der Waals surface area contributed by atoms with E-state index in [1.54, 1.807) is 5.57 Å². The number of terminal acetylenes is 1. The van der Waals surface area contributed by atoms with Crippen molar-refractivity contribution in [3.05, 3.63) is 11.6 Å². The Bertz CT molecular complexity index is 357. The van der Waals surface area contributed by atoms with Gasteiger partial charge in [-0.15, -0.1) is 12.3 Å². The summed E-state index contributed by atoms with van der Waals surface area (Å²) in [6.07, 6.45) is 17.1. The molecule has 0 saturated heterocycles. The molecule has 0 heteroatoms. The molecule has 0 aromatic rings. The van der Waals surface area contributed by atoms with E-state index in [2.05, 4.69) is 32.8 Å². The highest BCUT2D eigenvalue weighted by Crippen LogP contribution is 2.59. The topological polar surface area (TPSA) is 0 Å². The molecule has 4 atom stereocenters. The molecule has 0 nitrogen and oxygen atoms in total. The maximum atomic E-state index is 5.52. The van der Waals surface area contributed by atoms with Crippen LogP contribution in [0.1, 0.15) is 65.7 Å². The fraction of sp³-hybridized carbons (Fsp3) is 0.778. The summed E-state index contributed by atoms with van der Waals surface area (Å²) in [6, 6.07) is 0. The second-order valence-corrected chi connectivity index (χ2v) is 6.67. The Kier molecular flexibility index (Phi) is 4.21. The summed E-state index contributed by atoms with van der Waals surface area (Å²) in [5.74, 6) is 5.28. The summed E-state index contributed by atoms with van der Waals surface area (Å²) in [7, 11) is 0. The predicted octanol–water partition coefficient (Wildman–Crippen LogP) is 5.20. The molecule has 0 bridgehead atoms. The zero-order valence-corrected chi connectivity index (χ0v) is 12.3. The van der Waals surface area contributed by atoms with Crippen molar-refractivity contribution in [2.75, 3.05) is 0 Å². The van der Waals surface area contributed by atoms with E-state index < -0.39 is 0 Å². The van der Waals surface area contributed by atoms with Crippen LogP contribution < -0.4 is 0 Å². The maximum absolute atomic E-state index is 5.52. The van der Waals surface area contributed by atoms with Gasteiger partial charge in [0, 0.05) is 6.42 Å². The van der Waals surface area contributed by atoms with E-state index in [1.807, 2.05) is 0 Å². The van der Waals surface area contributed by atoms with Crippen molar-refractivity contribution < 1.29 is 0 Å². The van der Waals surface area contributed by atoms with Crippen molar-refractivity contribution in [3.63, 3.8) is 0 Å². The predicted molar refractivity (Wildman–Crippen MR) is 79.2 cm³/mol. The lowest BCUT2D eigenvalue weighted by Crippen LogP contribution is -2.35. The Morgan fingerprint density at radius 2 is 2.28 bits per heavy atom. The van der Waals surface area contributed by atoms with E-state index in [1.165, 1.54) is 38.5 Å². The molecule has 0 amide bonds. The second kappa shape index (κ2) is 5.52.